The highest BCUT2D eigenvalue weighted by atomic mass is 79.9. The summed E-state index contributed by atoms with van der Waals surface area (Å²) in [4.78, 5) is 23.6. The zero-order valence-corrected chi connectivity index (χ0v) is 15.9. The van der Waals surface area contributed by atoms with Crippen molar-refractivity contribution in [3.8, 4) is 5.69 Å². The Morgan fingerprint density at radius 1 is 1.07 bits per heavy atom. The van der Waals surface area contributed by atoms with Gasteiger partial charge < -0.3 is 11.1 Å². The van der Waals surface area contributed by atoms with Crippen molar-refractivity contribution in [2.45, 2.75) is 12.3 Å². The number of aromatic nitrogens is 2. The molecule has 0 aliphatic heterocycles. The number of nitrogens with one attached hydrogen (secondary N) is 1. The third kappa shape index (κ3) is 3.78. The number of nitrogens with two attached hydrogens (primary N) is 1. The van der Waals surface area contributed by atoms with E-state index in [-0.39, 0.29) is 23.4 Å². The number of amides is 2. The van der Waals surface area contributed by atoms with Gasteiger partial charge in [-0.1, -0.05) is 28.1 Å². The smallest absolute Gasteiger partial charge is 0.269 e. The normalized spacial score (nSPS) is 18.1. The van der Waals surface area contributed by atoms with Crippen molar-refractivity contribution in [1.29, 1.82) is 0 Å². The molecule has 4 rings (SSSR count). The molecule has 3 N–H and O–H groups in total. The van der Waals surface area contributed by atoms with Crippen molar-refractivity contribution in [3.63, 3.8) is 0 Å². The number of primary amides is 1. The van der Waals surface area contributed by atoms with Crippen LogP contribution in [0.15, 0.2) is 65.3 Å². The number of hydrogen-bond donors (Lipinski definition) is 2. The molecule has 1 heterocycles. The molecular weight excluding hydrogens is 408 g/mol. The van der Waals surface area contributed by atoms with Gasteiger partial charge in [0.15, 0.2) is 0 Å². The van der Waals surface area contributed by atoms with Gasteiger partial charge in [0.25, 0.3) is 5.91 Å². The van der Waals surface area contributed by atoms with Crippen LogP contribution in [0.3, 0.4) is 0 Å². The van der Waals surface area contributed by atoms with Crippen molar-refractivity contribution in [2.24, 2.45) is 11.7 Å². The average molecular weight is 425 g/mol. The molecule has 27 heavy (non-hydrogen) atoms. The molecule has 1 aliphatic rings. The minimum absolute atomic E-state index is 0.00934. The molecule has 3 aromatic rings. The van der Waals surface area contributed by atoms with E-state index in [1.54, 1.807) is 16.9 Å². The lowest BCUT2D eigenvalue weighted by molar-refractivity contribution is -0.117. The Labute approximate surface area is 164 Å². The van der Waals surface area contributed by atoms with Crippen LogP contribution in [0.4, 0.5) is 5.69 Å². The third-order valence-corrected chi connectivity index (χ3v) is 5.19. The summed E-state index contributed by atoms with van der Waals surface area (Å²) in [5.41, 5.74) is 8.12. The Morgan fingerprint density at radius 3 is 2.41 bits per heavy atom. The first kappa shape index (κ1) is 17.5. The monoisotopic (exact) mass is 424 g/mol. The van der Waals surface area contributed by atoms with Crippen LogP contribution >= 0.6 is 15.9 Å². The van der Waals surface area contributed by atoms with Crippen LogP contribution in [0.1, 0.15) is 28.4 Å². The highest BCUT2D eigenvalue weighted by Crippen LogP contribution is 2.48. The topological polar surface area (TPSA) is 90.0 Å². The van der Waals surface area contributed by atoms with Crippen LogP contribution in [0, 0.1) is 5.92 Å². The lowest BCUT2D eigenvalue weighted by atomic mass is 10.1. The molecular formula is C20H17BrN4O2. The Balaban J connectivity index is 1.39. The zero-order valence-electron chi connectivity index (χ0n) is 14.3. The molecule has 1 fully saturated rings. The van der Waals surface area contributed by atoms with E-state index in [9.17, 15) is 9.59 Å². The summed E-state index contributed by atoms with van der Waals surface area (Å²) in [6.07, 6.45) is 2.54. The lowest BCUT2D eigenvalue weighted by Crippen LogP contribution is -2.14. The highest BCUT2D eigenvalue weighted by molar-refractivity contribution is 9.10. The summed E-state index contributed by atoms with van der Waals surface area (Å²) < 4.78 is 2.60. The van der Waals surface area contributed by atoms with Gasteiger partial charge in [0.1, 0.15) is 5.69 Å². The van der Waals surface area contributed by atoms with Crippen LogP contribution in [0.25, 0.3) is 5.69 Å². The van der Waals surface area contributed by atoms with Gasteiger partial charge in [-0.25, -0.2) is 4.68 Å². The second-order valence-electron chi connectivity index (χ2n) is 6.55. The summed E-state index contributed by atoms with van der Waals surface area (Å²) in [5, 5.41) is 7.08. The van der Waals surface area contributed by atoms with E-state index in [4.69, 9.17) is 5.73 Å². The Bertz CT molecular complexity index is 996. The summed E-state index contributed by atoms with van der Waals surface area (Å²) in [6.45, 7) is 0. The number of carbonyl (C=O) groups is 2. The van der Waals surface area contributed by atoms with Gasteiger partial charge in [-0.3, -0.25) is 9.59 Å². The second kappa shape index (κ2) is 7.00. The van der Waals surface area contributed by atoms with E-state index in [0.29, 0.717) is 0 Å². The van der Waals surface area contributed by atoms with Crippen LogP contribution in [-0.4, -0.2) is 21.6 Å². The number of halogens is 1. The van der Waals surface area contributed by atoms with E-state index in [2.05, 4.69) is 38.5 Å². The largest absolute Gasteiger partial charge is 0.364 e. The molecule has 1 aromatic heterocycles. The number of nitrogens with zero attached hydrogens (tertiary/aromatic N) is 2. The number of anilines is 1. The fourth-order valence-electron chi connectivity index (χ4n) is 3.09. The van der Waals surface area contributed by atoms with E-state index in [0.717, 1.165) is 22.3 Å². The van der Waals surface area contributed by atoms with Gasteiger partial charge in [-0.2, -0.15) is 5.10 Å². The van der Waals surface area contributed by atoms with Crippen molar-refractivity contribution in [1.82, 2.24) is 9.78 Å². The molecule has 2 aromatic carbocycles. The number of carbonyl (C=O) groups excluding carboxylic acids is 2. The maximum Gasteiger partial charge on any atom is 0.269 e. The van der Waals surface area contributed by atoms with E-state index in [1.165, 1.54) is 5.56 Å². The standard InChI is InChI=1S/C20H17BrN4O2/c21-13-3-1-12(2-4-13)16-11-17(16)20(27)23-14-5-7-15(8-6-14)25-10-9-18(24-25)19(22)26/h1-10,16-17H,11H2,(H2,22,26)(H,23,27). The van der Waals surface area contributed by atoms with Gasteiger partial charge in [0, 0.05) is 22.3 Å². The van der Waals surface area contributed by atoms with E-state index in [1.807, 2.05) is 36.4 Å². The summed E-state index contributed by atoms with van der Waals surface area (Å²) >= 11 is 3.43. The minimum Gasteiger partial charge on any atom is -0.364 e. The quantitative estimate of drug-likeness (QED) is 0.656. The van der Waals surface area contributed by atoms with E-state index < -0.39 is 5.91 Å². The van der Waals surface area contributed by atoms with Crippen molar-refractivity contribution >= 4 is 33.4 Å². The lowest BCUT2D eigenvalue weighted by Gasteiger charge is -2.07. The van der Waals surface area contributed by atoms with Crippen LogP contribution in [-0.2, 0) is 4.79 Å². The molecule has 0 radical (unpaired) electrons. The second-order valence-corrected chi connectivity index (χ2v) is 7.46. The Morgan fingerprint density at radius 2 is 1.78 bits per heavy atom. The number of hydrogen-bond acceptors (Lipinski definition) is 3. The summed E-state index contributed by atoms with van der Waals surface area (Å²) in [5.74, 6) is -0.239. The minimum atomic E-state index is -0.567. The Hall–Kier alpha value is -2.93. The predicted molar refractivity (Wildman–Crippen MR) is 106 cm³/mol. The first-order chi connectivity index (χ1) is 13.0. The SMILES string of the molecule is NC(=O)c1ccn(-c2ccc(NC(=O)C3CC3c3ccc(Br)cc3)cc2)n1. The van der Waals surface area contributed by atoms with Gasteiger partial charge >= 0.3 is 0 Å². The summed E-state index contributed by atoms with van der Waals surface area (Å²) in [7, 11) is 0. The van der Waals surface area contributed by atoms with Gasteiger partial charge in [0.2, 0.25) is 5.91 Å². The molecule has 0 spiro atoms. The van der Waals surface area contributed by atoms with Crippen molar-refractivity contribution in [3.05, 3.63) is 76.5 Å². The molecule has 6 nitrogen and oxygen atoms in total. The molecule has 0 bridgehead atoms. The van der Waals surface area contributed by atoms with Gasteiger partial charge in [-0.15, -0.1) is 0 Å². The molecule has 2 unspecified atom stereocenters. The van der Waals surface area contributed by atoms with Crippen LogP contribution in [0.5, 0.6) is 0 Å². The van der Waals surface area contributed by atoms with Gasteiger partial charge in [0.05, 0.1) is 5.69 Å². The third-order valence-electron chi connectivity index (χ3n) is 4.67. The first-order valence-corrected chi connectivity index (χ1v) is 9.33. The first-order valence-electron chi connectivity index (χ1n) is 8.53. The fraction of sp³-hybridized carbons (Fsp3) is 0.150. The molecule has 1 saturated carbocycles. The molecule has 7 heteroatoms. The van der Waals surface area contributed by atoms with Crippen LogP contribution in [0.2, 0.25) is 0 Å². The van der Waals surface area contributed by atoms with Crippen molar-refractivity contribution in [2.75, 3.05) is 5.32 Å². The molecule has 0 saturated heterocycles. The van der Waals surface area contributed by atoms with Crippen LogP contribution < -0.4 is 11.1 Å². The fourth-order valence-corrected chi connectivity index (χ4v) is 3.36. The molecule has 136 valence electrons. The number of rotatable bonds is 5. The predicted octanol–water partition coefficient (Wildman–Crippen LogP) is 3.48. The highest BCUT2D eigenvalue weighted by Gasteiger charge is 2.43. The maximum absolute atomic E-state index is 12.5. The zero-order chi connectivity index (χ0) is 19.0. The van der Waals surface area contributed by atoms with Crippen molar-refractivity contribution < 1.29 is 9.59 Å². The average Bonchev–Trinajstić information content (AvgIpc) is 3.30. The molecule has 2 atom stereocenters. The van der Waals surface area contributed by atoms with E-state index >= 15 is 0 Å². The summed E-state index contributed by atoms with van der Waals surface area (Å²) in [6, 6.07) is 17.0. The Kier molecular flexibility index (Phi) is 4.53. The maximum atomic E-state index is 12.5. The number of benzene rings is 2. The van der Waals surface area contributed by atoms with Gasteiger partial charge in [-0.05, 0) is 60.4 Å². The molecule has 1 aliphatic carbocycles. The molecule has 2 amide bonds.